The number of hydrogen-bond donors (Lipinski definition) is 2. The van der Waals surface area contributed by atoms with Gasteiger partial charge >= 0.3 is 12.4 Å². The molecule has 174 valence electrons. The lowest BCUT2D eigenvalue weighted by atomic mass is 10.1. The van der Waals surface area contributed by atoms with Crippen molar-refractivity contribution >= 4 is 34.1 Å². The van der Waals surface area contributed by atoms with Crippen LogP contribution in [0.4, 0.5) is 32.0 Å². The SMILES string of the molecule is C[C@](O)(Cn1nc(Cl)c2c(C(F)(F)F)cccc21)C(=O)Nc1cnc(C#N)c(C(F)(F)F)c1. The molecule has 3 rings (SSSR count). The number of pyridine rings is 1. The third-order valence-electron chi connectivity index (χ3n) is 4.54. The fourth-order valence-electron chi connectivity index (χ4n) is 3.01. The third-order valence-corrected chi connectivity index (χ3v) is 4.81. The zero-order valence-corrected chi connectivity index (χ0v) is 17.1. The predicted octanol–water partition coefficient (Wildman–Crippen LogP) is 4.38. The number of aromatic nitrogens is 3. The molecule has 0 bridgehead atoms. The standard InChI is InChI=1S/C19H12ClF6N5O2/c1-17(33,16(32)29-9-5-11(19(24,25)26)12(6-27)28-7-9)8-31-13-4-2-3-10(18(21,22)23)14(13)15(20)30-31/h2-5,7,33H,8H2,1H3,(H,29,32)/t17-/m0/s1. The van der Waals surface area contributed by atoms with Crippen LogP contribution in [0.15, 0.2) is 30.5 Å². The summed E-state index contributed by atoms with van der Waals surface area (Å²) in [7, 11) is 0. The van der Waals surface area contributed by atoms with Gasteiger partial charge in [-0.25, -0.2) is 4.98 Å². The number of carbonyl (C=O) groups is 1. The first kappa shape index (κ1) is 24.3. The Morgan fingerprint density at radius 2 is 1.85 bits per heavy atom. The summed E-state index contributed by atoms with van der Waals surface area (Å²) >= 11 is 5.86. The molecule has 0 saturated heterocycles. The number of alkyl halides is 6. The lowest BCUT2D eigenvalue weighted by molar-refractivity contribution is -0.138. The largest absolute Gasteiger partial charge is 0.419 e. The minimum absolute atomic E-state index is 0.123. The van der Waals surface area contributed by atoms with E-state index in [-0.39, 0.29) is 5.52 Å². The first-order valence-corrected chi connectivity index (χ1v) is 9.26. The molecule has 33 heavy (non-hydrogen) atoms. The normalized spacial score (nSPS) is 14.1. The molecule has 0 spiro atoms. The zero-order chi connectivity index (χ0) is 24.8. The van der Waals surface area contributed by atoms with Gasteiger partial charge in [0.2, 0.25) is 0 Å². The summed E-state index contributed by atoms with van der Waals surface area (Å²) in [4.78, 5) is 15.9. The number of amides is 1. The van der Waals surface area contributed by atoms with E-state index in [0.717, 1.165) is 29.9 Å². The van der Waals surface area contributed by atoms with E-state index < -0.39 is 63.5 Å². The molecule has 7 nitrogen and oxygen atoms in total. The fourth-order valence-corrected chi connectivity index (χ4v) is 3.30. The maximum absolute atomic E-state index is 13.3. The quantitative estimate of drug-likeness (QED) is 0.527. The van der Waals surface area contributed by atoms with Gasteiger partial charge in [0.1, 0.15) is 6.07 Å². The van der Waals surface area contributed by atoms with Crippen molar-refractivity contribution in [3.05, 3.63) is 52.4 Å². The number of hydrogen-bond acceptors (Lipinski definition) is 5. The van der Waals surface area contributed by atoms with Crippen LogP contribution >= 0.6 is 11.6 Å². The number of anilines is 1. The molecule has 2 heterocycles. The van der Waals surface area contributed by atoms with E-state index >= 15 is 0 Å². The van der Waals surface area contributed by atoms with Crippen molar-refractivity contribution in [3.63, 3.8) is 0 Å². The number of rotatable bonds is 4. The summed E-state index contributed by atoms with van der Waals surface area (Å²) in [6, 6.07) is 4.88. The highest BCUT2D eigenvalue weighted by Crippen LogP contribution is 2.38. The van der Waals surface area contributed by atoms with Gasteiger partial charge in [0.25, 0.3) is 5.91 Å². The van der Waals surface area contributed by atoms with Crippen molar-refractivity contribution in [2.24, 2.45) is 0 Å². The minimum atomic E-state index is -4.93. The van der Waals surface area contributed by atoms with E-state index in [2.05, 4.69) is 10.1 Å². The van der Waals surface area contributed by atoms with Crippen LogP contribution in [0.3, 0.4) is 0 Å². The van der Waals surface area contributed by atoms with E-state index in [9.17, 15) is 36.2 Å². The van der Waals surface area contributed by atoms with Crippen molar-refractivity contribution in [1.82, 2.24) is 14.8 Å². The molecular weight excluding hydrogens is 480 g/mol. The van der Waals surface area contributed by atoms with Crippen LogP contribution in [-0.4, -0.2) is 31.4 Å². The molecule has 2 aromatic heterocycles. The van der Waals surface area contributed by atoms with Crippen molar-refractivity contribution < 1.29 is 36.2 Å². The Balaban J connectivity index is 1.91. The van der Waals surface area contributed by atoms with Crippen LogP contribution in [0.5, 0.6) is 0 Å². The predicted molar refractivity (Wildman–Crippen MR) is 103 cm³/mol. The van der Waals surface area contributed by atoms with Crippen LogP contribution in [0.1, 0.15) is 23.7 Å². The monoisotopic (exact) mass is 491 g/mol. The molecule has 0 aliphatic carbocycles. The molecule has 1 amide bonds. The van der Waals surface area contributed by atoms with Crippen LogP contribution < -0.4 is 5.32 Å². The van der Waals surface area contributed by atoms with E-state index in [4.69, 9.17) is 16.9 Å². The first-order valence-electron chi connectivity index (χ1n) is 8.88. The Hall–Kier alpha value is -3.37. The Labute approximate surface area is 186 Å². The summed E-state index contributed by atoms with van der Waals surface area (Å²) in [5, 5.41) is 24.2. The van der Waals surface area contributed by atoms with E-state index in [0.29, 0.717) is 6.07 Å². The smallest absolute Gasteiger partial charge is 0.378 e. The molecule has 2 N–H and O–H groups in total. The molecule has 0 aliphatic heterocycles. The zero-order valence-electron chi connectivity index (χ0n) is 16.4. The van der Waals surface area contributed by atoms with Gasteiger partial charge in [-0.05, 0) is 25.1 Å². The van der Waals surface area contributed by atoms with Crippen molar-refractivity contribution in [3.8, 4) is 6.07 Å². The van der Waals surface area contributed by atoms with Gasteiger partial charge in [0.05, 0.1) is 40.5 Å². The van der Waals surface area contributed by atoms with Gasteiger partial charge < -0.3 is 10.4 Å². The first-order chi connectivity index (χ1) is 15.1. The molecule has 14 heteroatoms. The summed E-state index contributed by atoms with van der Waals surface area (Å²) in [6.45, 7) is 0.304. The number of halogens is 7. The topological polar surface area (TPSA) is 104 Å². The van der Waals surface area contributed by atoms with Crippen LogP contribution in [0.25, 0.3) is 10.9 Å². The van der Waals surface area contributed by atoms with Crippen molar-refractivity contribution in [2.45, 2.75) is 31.4 Å². The van der Waals surface area contributed by atoms with Crippen molar-refractivity contribution in [2.75, 3.05) is 5.32 Å². The second-order valence-corrected chi connectivity index (χ2v) is 7.46. The van der Waals surface area contributed by atoms with Gasteiger partial charge in [0.15, 0.2) is 16.4 Å². The molecule has 0 unspecified atom stereocenters. The lowest BCUT2D eigenvalue weighted by Crippen LogP contribution is -2.44. The molecule has 0 radical (unpaired) electrons. The van der Waals surface area contributed by atoms with Gasteiger partial charge in [-0.1, -0.05) is 17.7 Å². The number of benzene rings is 1. The van der Waals surface area contributed by atoms with E-state index in [1.165, 1.54) is 12.1 Å². The molecular formula is C19H12ClF6N5O2. The number of aliphatic hydroxyl groups is 1. The summed E-state index contributed by atoms with van der Waals surface area (Å²) in [6.07, 6.45) is -8.88. The number of nitrogens with one attached hydrogen (secondary N) is 1. The van der Waals surface area contributed by atoms with Crippen LogP contribution in [0, 0.1) is 11.3 Å². The van der Waals surface area contributed by atoms with Gasteiger partial charge in [-0.15, -0.1) is 0 Å². The Kier molecular flexibility index (Phi) is 6.03. The summed E-state index contributed by atoms with van der Waals surface area (Å²) in [5.41, 5.74) is -6.30. The average molecular weight is 492 g/mol. The highest BCUT2D eigenvalue weighted by molar-refractivity contribution is 6.34. The van der Waals surface area contributed by atoms with Crippen LogP contribution in [0.2, 0.25) is 5.15 Å². The number of nitrogens with zero attached hydrogens (tertiary/aromatic N) is 4. The van der Waals surface area contributed by atoms with E-state index in [1.54, 1.807) is 0 Å². The maximum Gasteiger partial charge on any atom is 0.419 e. The van der Waals surface area contributed by atoms with Gasteiger partial charge in [-0.3, -0.25) is 9.48 Å². The average Bonchev–Trinajstić information content (AvgIpc) is 3.01. The molecule has 3 aromatic rings. The molecule has 0 aliphatic rings. The maximum atomic E-state index is 13.3. The number of carbonyl (C=O) groups excluding carboxylic acids is 1. The Bertz CT molecular complexity index is 1280. The molecule has 1 atom stereocenters. The molecule has 0 saturated carbocycles. The van der Waals surface area contributed by atoms with Gasteiger partial charge in [0, 0.05) is 0 Å². The highest BCUT2D eigenvalue weighted by Gasteiger charge is 2.38. The Morgan fingerprint density at radius 1 is 1.21 bits per heavy atom. The number of nitriles is 1. The molecule has 0 fully saturated rings. The Morgan fingerprint density at radius 3 is 2.42 bits per heavy atom. The second kappa shape index (κ2) is 8.20. The lowest BCUT2D eigenvalue weighted by Gasteiger charge is -2.23. The fraction of sp³-hybridized carbons (Fsp3) is 0.263. The van der Waals surface area contributed by atoms with E-state index in [1.807, 2.05) is 5.32 Å². The third kappa shape index (κ3) is 4.86. The van der Waals surface area contributed by atoms with Gasteiger partial charge in [-0.2, -0.15) is 36.7 Å². The summed E-state index contributed by atoms with van der Waals surface area (Å²) in [5.74, 6) is -1.20. The number of fused-ring (bicyclic) bond motifs is 1. The molecule has 1 aromatic carbocycles. The van der Waals surface area contributed by atoms with Crippen LogP contribution in [-0.2, 0) is 23.7 Å². The summed E-state index contributed by atoms with van der Waals surface area (Å²) < 4.78 is 79.9. The van der Waals surface area contributed by atoms with Crippen molar-refractivity contribution in [1.29, 1.82) is 5.26 Å². The highest BCUT2D eigenvalue weighted by atomic mass is 35.5. The minimum Gasteiger partial charge on any atom is -0.378 e. The second-order valence-electron chi connectivity index (χ2n) is 7.10.